The monoisotopic (exact) mass is 401 g/mol. The van der Waals surface area contributed by atoms with E-state index in [4.69, 9.17) is 4.74 Å². The number of anilines is 1. The summed E-state index contributed by atoms with van der Waals surface area (Å²) in [5.74, 6) is -0.291. The number of methoxy groups -OCH3 is 1. The fourth-order valence-corrected chi connectivity index (χ4v) is 4.11. The lowest BCUT2D eigenvalue weighted by Crippen LogP contribution is -2.32. The Morgan fingerprint density at radius 2 is 2.04 bits per heavy atom. The van der Waals surface area contributed by atoms with Crippen molar-refractivity contribution in [2.75, 3.05) is 12.4 Å². The van der Waals surface area contributed by atoms with E-state index >= 15 is 0 Å². The van der Waals surface area contributed by atoms with E-state index in [9.17, 15) is 4.79 Å². The van der Waals surface area contributed by atoms with Gasteiger partial charge in [0.25, 0.3) is 0 Å². The summed E-state index contributed by atoms with van der Waals surface area (Å²) in [5.41, 5.74) is 5.53. The smallest absolute Gasteiger partial charge is 0.337 e. The normalized spacial score (nSPS) is 18.2. The van der Waals surface area contributed by atoms with E-state index in [0.717, 1.165) is 23.0 Å². The molecule has 1 atom stereocenters. The first-order valence-corrected chi connectivity index (χ1v) is 9.42. The van der Waals surface area contributed by atoms with Crippen LogP contribution < -0.4 is 5.32 Å². The molecule has 0 radical (unpaired) electrons. The summed E-state index contributed by atoms with van der Waals surface area (Å²) in [4.78, 5) is 11.9. The van der Waals surface area contributed by atoms with Crippen molar-refractivity contribution in [3.05, 3.63) is 63.1 Å². The van der Waals surface area contributed by atoms with Gasteiger partial charge < -0.3 is 10.1 Å². The van der Waals surface area contributed by atoms with Gasteiger partial charge in [0.15, 0.2) is 0 Å². The van der Waals surface area contributed by atoms with Crippen molar-refractivity contribution in [3.63, 3.8) is 0 Å². The highest BCUT2D eigenvalue weighted by atomic mass is 79.9. The van der Waals surface area contributed by atoms with Crippen LogP contribution in [0.25, 0.3) is 0 Å². The summed E-state index contributed by atoms with van der Waals surface area (Å²) in [7, 11) is 1.42. The van der Waals surface area contributed by atoms with Crippen molar-refractivity contribution in [2.24, 2.45) is 0 Å². The van der Waals surface area contributed by atoms with Gasteiger partial charge in [-0.3, -0.25) is 0 Å². The summed E-state index contributed by atoms with van der Waals surface area (Å²) in [6.45, 7) is 6.67. The first kappa shape index (κ1) is 18.0. The van der Waals surface area contributed by atoms with Crippen molar-refractivity contribution in [1.82, 2.24) is 0 Å². The number of fused-ring (bicyclic) bond motifs is 1. The number of hydrogen-bond acceptors (Lipinski definition) is 3. The highest BCUT2D eigenvalue weighted by Crippen LogP contribution is 2.45. The minimum Gasteiger partial charge on any atom is -0.465 e. The Morgan fingerprint density at radius 1 is 1.28 bits per heavy atom. The molecule has 0 spiro atoms. The van der Waals surface area contributed by atoms with Gasteiger partial charge in [0.1, 0.15) is 0 Å². The number of carbonyl (C=O) groups excluding carboxylic acids is 1. The molecular weight excluding hydrogens is 378 g/mol. The highest BCUT2D eigenvalue weighted by molar-refractivity contribution is 9.10. The number of aryl methyl sites for hydroxylation is 1. The van der Waals surface area contributed by atoms with Gasteiger partial charge in [-0.2, -0.15) is 0 Å². The molecule has 0 aliphatic carbocycles. The van der Waals surface area contributed by atoms with Crippen LogP contribution in [0, 0.1) is 0 Å². The third-order valence-electron chi connectivity index (χ3n) is 5.08. The Bertz CT molecular complexity index is 814. The first-order valence-electron chi connectivity index (χ1n) is 8.63. The molecule has 4 heteroatoms. The van der Waals surface area contributed by atoms with E-state index < -0.39 is 0 Å². The van der Waals surface area contributed by atoms with Crippen LogP contribution in [0.15, 0.2) is 40.9 Å². The molecule has 2 aromatic rings. The van der Waals surface area contributed by atoms with Crippen LogP contribution in [0.4, 0.5) is 5.69 Å². The molecule has 1 aliphatic heterocycles. The minimum atomic E-state index is -0.291. The molecule has 0 bridgehead atoms. The van der Waals surface area contributed by atoms with Gasteiger partial charge >= 0.3 is 5.97 Å². The van der Waals surface area contributed by atoms with Gasteiger partial charge in [0.2, 0.25) is 0 Å². The van der Waals surface area contributed by atoms with Gasteiger partial charge in [-0.15, -0.1) is 0 Å². The number of nitrogens with one attached hydrogen (secondary N) is 1. The molecular formula is C21H24BrNO2. The quantitative estimate of drug-likeness (QED) is 0.676. The Morgan fingerprint density at radius 3 is 2.72 bits per heavy atom. The summed E-state index contributed by atoms with van der Waals surface area (Å²) in [6.07, 6.45) is 1.98. The molecule has 0 saturated heterocycles. The molecule has 0 amide bonds. The first-order chi connectivity index (χ1) is 11.9. The Kier molecular flexibility index (Phi) is 4.92. The number of benzene rings is 2. The van der Waals surface area contributed by atoms with Crippen molar-refractivity contribution in [3.8, 4) is 0 Å². The summed E-state index contributed by atoms with van der Waals surface area (Å²) in [5, 5.41) is 3.68. The molecule has 3 rings (SSSR count). The van der Waals surface area contributed by atoms with Crippen LogP contribution in [0.3, 0.4) is 0 Å². The predicted octanol–water partition coefficient (Wildman–Crippen LogP) is 5.63. The van der Waals surface area contributed by atoms with Gasteiger partial charge in [-0.05, 0) is 65.3 Å². The van der Waals surface area contributed by atoms with Crippen LogP contribution in [0.2, 0.25) is 0 Å². The number of rotatable bonds is 3. The molecule has 3 nitrogen and oxygen atoms in total. The average Bonchev–Trinajstić information content (AvgIpc) is 2.60. The van der Waals surface area contributed by atoms with Crippen molar-refractivity contribution in [2.45, 2.75) is 45.1 Å². The molecule has 1 unspecified atom stereocenters. The summed E-state index contributed by atoms with van der Waals surface area (Å²) >= 11 is 3.61. The van der Waals surface area contributed by atoms with Crippen LogP contribution >= 0.6 is 15.9 Å². The molecule has 1 heterocycles. The van der Waals surface area contributed by atoms with E-state index in [2.05, 4.69) is 60.2 Å². The molecule has 0 aromatic heterocycles. The molecule has 25 heavy (non-hydrogen) atoms. The van der Waals surface area contributed by atoms with E-state index in [1.165, 1.54) is 23.8 Å². The fourth-order valence-electron chi connectivity index (χ4n) is 3.73. The molecule has 0 fully saturated rings. The summed E-state index contributed by atoms with van der Waals surface area (Å²) in [6, 6.07) is 12.6. The second-order valence-corrected chi connectivity index (χ2v) is 8.15. The number of carbonyl (C=O) groups is 1. The van der Waals surface area contributed by atoms with Crippen molar-refractivity contribution < 1.29 is 9.53 Å². The maximum absolute atomic E-state index is 11.9. The lowest BCUT2D eigenvalue weighted by Gasteiger charge is -2.39. The molecule has 1 N–H and O–H groups in total. The van der Waals surface area contributed by atoms with E-state index in [0.29, 0.717) is 5.56 Å². The van der Waals surface area contributed by atoms with E-state index in [-0.39, 0.29) is 17.4 Å². The van der Waals surface area contributed by atoms with E-state index in [1.54, 1.807) is 0 Å². The number of hydrogen-bond donors (Lipinski definition) is 1. The largest absolute Gasteiger partial charge is 0.465 e. The third kappa shape index (κ3) is 3.45. The highest BCUT2D eigenvalue weighted by Gasteiger charge is 2.34. The molecule has 0 saturated carbocycles. The zero-order valence-electron chi connectivity index (χ0n) is 15.2. The number of esters is 1. The van der Waals surface area contributed by atoms with Gasteiger partial charge in [-0.1, -0.05) is 42.8 Å². The second kappa shape index (κ2) is 6.83. The maximum atomic E-state index is 11.9. The topological polar surface area (TPSA) is 38.3 Å². The van der Waals surface area contributed by atoms with Crippen LogP contribution in [0.1, 0.15) is 60.3 Å². The lowest BCUT2D eigenvalue weighted by molar-refractivity contribution is 0.0600. The number of ether oxygens (including phenoxy) is 1. The maximum Gasteiger partial charge on any atom is 0.337 e. The Labute approximate surface area is 157 Å². The third-order valence-corrected chi connectivity index (χ3v) is 5.57. The Hall–Kier alpha value is -1.81. The van der Waals surface area contributed by atoms with Crippen LogP contribution in [0.5, 0.6) is 0 Å². The van der Waals surface area contributed by atoms with Crippen molar-refractivity contribution >= 4 is 27.6 Å². The fraction of sp³-hybridized carbons (Fsp3) is 0.381. The predicted molar refractivity (Wildman–Crippen MR) is 105 cm³/mol. The average molecular weight is 402 g/mol. The SMILES string of the molecule is CCc1ccc(Br)cc1C1CC(C)(C)c2cc(C(=O)OC)ccc2N1. The number of halogens is 1. The Balaban J connectivity index is 2.03. The summed E-state index contributed by atoms with van der Waals surface area (Å²) < 4.78 is 5.97. The van der Waals surface area contributed by atoms with E-state index in [1.807, 2.05) is 18.2 Å². The zero-order valence-corrected chi connectivity index (χ0v) is 16.7. The minimum absolute atomic E-state index is 0.0391. The molecule has 2 aromatic carbocycles. The van der Waals surface area contributed by atoms with Crippen molar-refractivity contribution in [1.29, 1.82) is 0 Å². The standard InChI is InChI=1S/C21H24BrNO2/c1-5-13-6-8-15(22)11-16(13)19-12-21(2,3)17-10-14(20(24)25-4)7-9-18(17)23-19/h6-11,19,23H,5,12H2,1-4H3. The lowest BCUT2D eigenvalue weighted by atomic mass is 9.73. The van der Waals surface area contributed by atoms with Crippen LogP contribution in [-0.4, -0.2) is 13.1 Å². The van der Waals surface area contributed by atoms with Gasteiger partial charge in [0, 0.05) is 10.2 Å². The molecule has 1 aliphatic rings. The van der Waals surface area contributed by atoms with Gasteiger partial charge in [0.05, 0.1) is 18.7 Å². The van der Waals surface area contributed by atoms with Crippen LogP contribution in [-0.2, 0) is 16.6 Å². The zero-order chi connectivity index (χ0) is 18.2. The molecule has 132 valence electrons. The second-order valence-electron chi connectivity index (χ2n) is 7.23. The van der Waals surface area contributed by atoms with Gasteiger partial charge in [-0.25, -0.2) is 4.79 Å².